The second kappa shape index (κ2) is 8.72. The molecule has 3 aromatic carbocycles. The first-order valence-corrected chi connectivity index (χ1v) is 10.9. The second-order valence-electron chi connectivity index (χ2n) is 7.05. The van der Waals surface area contributed by atoms with Crippen molar-refractivity contribution < 1.29 is 14.2 Å². The normalized spacial score (nSPS) is 11.8. The average Bonchev–Trinajstić information content (AvgIpc) is 3.34. The molecule has 0 aliphatic carbocycles. The molecule has 0 fully saturated rings. The molecule has 32 heavy (non-hydrogen) atoms. The number of thiazole rings is 1. The predicted octanol–water partition coefficient (Wildman–Crippen LogP) is 3.92. The van der Waals surface area contributed by atoms with Crippen molar-refractivity contribution in [2.24, 2.45) is 0 Å². The predicted molar refractivity (Wildman–Crippen MR) is 126 cm³/mol. The standard InChI is InChI=1S/C25H20N2O4S/c1-29-21-8-4-5-9-22(21)31-15-14-30-18-12-10-17(11-13-18)16-23-24(28)27-20-7-3-2-6-19(20)26-25(27)32-23/h2-13,16H,14-15H2,1H3/b23-16+. The van der Waals surface area contributed by atoms with Gasteiger partial charge in [-0.15, -0.1) is 0 Å². The Kier molecular flexibility index (Phi) is 5.47. The van der Waals surface area contributed by atoms with Gasteiger partial charge in [-0.25, -0.2) is 9.38 Å². The SMILES string of the molecule is COc1ccccc1OCCOc1ccc(/C=c2/sc3nc4ccccc4n3c2=O)cc1. The molecule has 0 unspecified atom stereocenters. The number of methoxy groups -OCH3 is 1. The van der Waals surface area contributed by atoms with Crippen LogP contribution in [0.5, 0.6) is 17.2 Å². The van der Waals surface area contributed by atoms with Crippen LogP contribution in [-0.2, 0) is 0 Å². The Labute approximate surface area is 187 Å². The number of benzene rings is 3. The second-order valence-corrected chi connectivity index (χ2v) is 8.06. The van der Waals surface area contributed by atoms with E-state index >= 15 is 0 Å². The van der Waals surface area contributed by atoms with Crippen LogP contribution in [0, 0.1) is 0 Å². The van der Waals surface area contributed by atoms with Gasteiger partial charge >= 0.3 is 0 Å². The molecule has 2 aromatic heterocycles. The molecule has 5 rings (SSSR count). The lowest BCUT2D eigenvalue weighted by atomic mass is 10.2. The zero-order valence-electron chi connectivity index (χ0n) is 17.4. The van der Waals surface area contributed by atoms with Crippen LogP contribution in [-0.4, -0.2) is 29.7 Å². The number of hydrogen-bond acceptors (Lipinski definition) is 6. The van der Waals surface area contributed by atoms with E-state index in [2.05, 4.69) is 4.98 Å². The van der Waals surface area contributed by atoms with Crippen LogP contribution in [0.1, 0.15) is 5.56 Å². The monoisotopic (exact) mass is 444 g/mol. The Hall–Kier alpha value is -3.84. The van der Waals surface area contributed by atoms with Crippen molar-refractivity contribution in [3.8, 4) is 17.2 Å². The summed E-state index contributed by atoms with van der Waals surface area (Å²) in [6.45, 7) is 0.803. The van der Waals surface area contributed by atoms with Crippen molar-refractivity contribution in [3.05, 3.63) is 93.2 Å². The molecule has 0 atom stereocenters. The molecule has 0 saturated heterocycles. The van der Waals surface area contributed by atoms with Crippen molar-refractivity contribution in [3.63, 3.8) is 0 Å². The summed E-state index contributed by atoms with van der Waals surface area (Å²) in [4.78, 5) is 18.1. The highest BCUT2D eigenvalue weighted by molar-refractivity contribution is 7.15. The summed E-state index contributed by atoms with van der Waals surface area (Å²) in [6.07, 6.45) is 1.88. The van der Waals surface area contributed by atoms with Gasteiger partial charge in [0.1, 0.15) is 19.0 Å². The number of aromatic nitrogens is 2. The maximum Gasteiger partial charge on any atom is 0.274 e. The lowest BCUT2D eigenvalue weighted by Gasteiger charge is -2.11. The van der Waals surface area contributed by atoms with E-state index in [1.165, 1.54) is 11.3 Å². The van der Waals surface area contributed by atoms with E-state index in [1.54, 1.807) is 11.5 Å². The number of ether oxygens (including phenoxy) is 3. The molecule has 0 aliphatic heterocycles. The minimum atomic E-state index is -0.0486. The van der Waals surface area contributed by atoms with Crippen LogP contribution in [0.4, 0.5) is 0 Å². The summed E-state index contributed by atoms with van der Waals surface area (Å²) < 4.78 is 19.1. The molecule has 160 valence electrons. The van der Waals surface area contributed by atoms with Gasteiger partial charge in [-0.1, -0.05) is 47.7 Å². The molecule has 0 radical (unpaired) electrons. The zero-order chi connectivity index (χ0) is 21.9. The summed E-state index contributed by atoms with van der Waals surface area (Å²) in [7, 11) is 1.61. The van der Waals surface area contributed by atoms with E-state index in [1.807, 2.05) is 78.9 Å². The third-order valence-electron chi connectivity index (χ3n) is 5.00. The lowest BCUT2D eigenvalue weighted by molar-refractivity contribution is 0.211. The lowest BCUT2D eigenvalue weighted by Crippen LogP contribution is -2.22. The first kappa shape index (κ1) is 20.1. The highest BCUT2D eigenvalue weighted by atomic mass is 32.1. The number of imidazole rings is 1. The van der Waals surface area contributed by atoms with Crippen molar-refractivity contribution in [2.45, 2.75) is 0 Å². The maximum atomic E-state index is 12.9. The third-order valence-corrected chi connectivity index (χ3v) is 5.97. The number of hydrogen-bond donors (Lipinski definition) is 0. The van der Waals surface area contributed by atoms with Gasteiger partial charge in [-0.05, 0) is 48.0 Å². The summed E-state index contributed by atoms with van der Waals surface area (Å²) in [5, 5.41) is 0. The molecule has 0 spiro atoms. The number of fused-ring (bicyclic) bond motifs is 3. The minimum Gasteiger partial charge on any atom is -0.493 e. The minimum absolute atomic E-state index is 0.0486. The van der Waals surface area contributed by atoms with Gasteiger partial charge in [-0.3, -0.25) is 4.79 Å². The topological polar surface area (TPSA) is 62.1 Å². The fourth-order valence-electron chi connectivity index (χ4n) is 3.47. The summed E-state index contributed by atoms with van der Waals surface area (Å²) >= 11 is 1.39. The Morgan fingerprint density at radius 2 is 1.62 bits per heavy atom. The quantitative estimate of drug-likeness (QED) is 0.356. The van der Waals surface area contributed by atoms with E-state index in [-0.39, 0.29) is 5.56 Å². The van der Waals surface area contributed by atoms with E-state index < -0.39 is 0 Å². The fourth-order valence-corrected chi connectivity index (χ4v) is 4.46. The molecular formula is C25H20N2O4S. The molecule has 0 amide bonds. The van der Waals surface area contributed by atoms with Gasteiger partial charge < -0.3 is 14.2 Å². The van der Waals surface area contributed by atoms with Gasteiger partial charge in [0, 0.05) is 0 Å². The van der Waals surface area contributed by atoms with Gasteiger partial charge in [0.2, 0.25) is 0 Å². The molecule has 2 heterocycles. The van der Waals surface area contributed by atoms with Gasteiger partial charge in [-0.2, -0.15) is 0 Å². The van der Waals surface area contributed by atoms with Gasteiger partial charge in [0.25, 0.3) is 5.56 Å². The molecule has 5 aromatic rings. The first-order chi connectivity index (χ1) is 15.7. The average molecular weight is 445 g/mol. The van der Waals surface area contributed by atoms with Crippen LogP contribution >= 0.6 is 11.3 Å². The fraction of sp³-hybridized carbons (Fsp3) is 0.120. The molecular weight excluding hydrogens is 424 g/mol. The number of para-hydroxylation sites is 4. The largest absolute Gasteiger partial charge is 0.493 e. The third kappa shape index (κ3) is 3.90. The van der Waals surface area contributed by atoms with Gasteiger partial charge in [0.05, 0.1) is 22.7 Å². The smallest absolute Gasteiger partial charge is 0.274 e. The number of nitrogens with zero attached hydrogens (tertiary/aromatic N) is 2. The molecule has 6 nitrogen and oxygen atoms in total. The van der Waals surface area contributed by atoms with E-state index in [4.69, 9.17) is 14.2 Å². The summed E-state index contributed by atoms with van der Waals surface area (Å²) in [5.41, 5.74) is 2.54. The molecule has 0 aliphatic rings. The van der Waals surface area contributed by atoms with Crippen LogP contribution in [0.15, 0.2) is 77.6 Å². The van der Waals surface area contributed by atoms with Crippen molar-refractivity contribution >= 4 is 33.4 Å². The highest BCUT2D eigenvalue weighted by Crippen LogP contribution is 2.25. The molecule has 0 N–H and O–H groups in total. The highest BCUT2D eigenvalue weighted by Gasteiger charge is 2.10. The van der Waals surface area contributed by atoms with Crippen LogP contribution in [0.3, 0.4) is 0 Å². The Balaban J connectivity index is 1.26. The zero-order valence-corrected chi connectivity index (χ0v) is 18.2. The van der Waals surface area contributed by atoms with Crippen molar-refractivity contribution in [2.75, 3.05) is 20.3 Å². The van der Waals surface area contributed by atoms with Crippen LogP contribution < -0.4 is 24.3 Å². The molecule has 7 heteroatoms. The molecule has 0 saturated carbocycles. The van der Waals surface area contributed by atoms with E-state index in [9.17, 15) is 4.79 Å². The van der Waals surface area contributed by atoms with Crippen LogP contribution in [0.2, 0.25) is 0 Å². The first-order valence-electron chi connectivity index (χ1n) is 10.1. The Morgan fingerprint density at radius 1 is 0.906 bits per heavy atom. The Bertz CT molecular complexity index is 1490. The van der Waals surface area contributed by atoms with Crippen molar-refractivity contribution in [1.29, 1.82) is 0 Å². The van der Waals surface area contributed by atoms with E-state index in [0.717, 1.165) is 22.3 Å². The van der Waals surface area contributed by atoms with E-state index in [0.29, 0.717) is 34.2 Å². The van der Waals surface area contributed by atoms with Crippen LogP contribution in [0.25, 0.3) is 22.1 Å². The van der Waals surface area contributed by atoms with Crippen molar-refractivity contribution in [1.82, 2.24) is 9.38 Å². The summed E-state index contributed by atoms with van der Waals surface area (Å²) in [6, 6.07) is 22.8. The summed E-state index contributed by atoms with van der Waals surface area (Å²) in [5.74, 6) is 2.12. The maximum absolute atomic E-state index is 12.9. The number of rotatable bonds is 7. The van der Waals surface area contributed by atoms with Gasteiger partial charge in [0.15, 0.2) is 16.5 Å². The Morgan fingerprint density at radius 3 is 2.44 bits per heavy atom. The molecule has 0 bridgehead atoms.